The molecule has 1 rings (SSSR count). The van der Waals surface area contributed by atoms with Gasteiger partial charge in [-0.3, -0.25) is 14.9 Å². The fourth-order valence-corrected chi connectivity index (χ4v) is 1.10. The third kappa shape index (κ3) is 3.16. The highest BCUT2D eigenvalue weighted by Gasteiger charge is 2.38. The van der Waals surface area contributed by atoms with Crippen LogP contribution in [-0.4, -0.2) is 22.0 Å². The topological polar surface area (TPSA) is 80.4 Å². The Morgan fingerprint density at radius 2 is 2.00 bits per heavy atom. The maximum atomic E-state index is 12.0. The minimum absolute atomic E-state index is 0.429. The van der Waals surface area contributed by atoms with E-state index >= 15 is 0 Å². The van der Waals surface area contributed by atoms with Crippen molar-refractivity contribution in [2.75, 3.05) is 0 Å². The molecule has 17 heavy (non-hydrogen) atoms. The van der Waals surface area contributed by atoms with Crippen LogP contribution in [0.15, 0.2) is 18.2 Å². The second-order valence-corrected chi connectivity index (χ2v) is 3.17. The zero-order valence-electron chi connectivity index (χ0n) is 8.19. The summed E-state index contributed by atoms with van der Waals surface area (Å²) < 4.78 is 35.9. The molecule has 0 heterocycles. The lowest BCUT2D eigenvalue weighted by atomic mass is 10.1. The van der Waals surface area contributed by atoms with Gasteiger partial charge in [-0.1, -0.05) is 0 Å². The summed E-state index contributed by atoms with van der Waals surface area (Å²) in [6.07, 6.45) is -6.16. The Morgan fingerprint density at radius 1 is 1.41 bits per heavy atom. The van der Waals surface area contributed by atoms with Crippen LogP contribution in [0.2, 0.25) is 0 Å². The molecule has 0 spiro atoms. The number of aromatic hydroxyl groups is 1. The molecule has 0 aliphatic heterocycles. The fraction of sp³-hybridized carbons (Fsp3) is 0.222. The number of nitro benzene ring substituents is 1. The van der Waals surface area contributed by atoms with Crippen molar-refractivity contribution in [3.63, 3.8) is 0 Å². The molecule has 1 N–H and O–H groups in total. The average molecular weight is 249 g/mol. The number of halogens is 3. The van der Waals surface area contributed by atoms with Gasteiger partial charge in [0.2, 0.25) is 5.78 Å². The number of hydrogen-bond donors (Lipinski definition) is 1. The van der Waals surface area contributed by atoms with Gasteiger partial charge < -0.3 is 5.11 Å². The van der Waals surface area contributed by atoms with Gasteiger partial charge in [0.05, 0.1) is 4.92 Å². The molecule has 0 saturated carbocycles. The van der Waals surface area contributed by atoms with Crippen LogP contribution in [0, 0.1) is 10.1 Å². The molecule has 0 aliphatic rings. The van der Waals surface area contributed by atoms with E-state index in [4.69, 9.17) is 0 Å². The van der Waals surface area contributed by atoms with Crippen molar-refractivity contribution < 1.29 is 28.0 Å². The normalized spacial score (nSPS) is 11.2. The summed E-state index contributed by atoms with van der Waals surface area (Å²) in [4.78, 5) is 20.2. The van der Waals surface area contributed by atoms with Crippen LogP contribution in [0.4, 0.5) is 18.9 Å². The van der Waals surface area contributed by atoms with E-state index in [1.807, 2.05) is 0 Å². The van der Waals surface area contributed by atoms with Gasteiger partial charge >= 0.3 is 6.18 Å². The highest BCUT2D eigenvalue weighted by atomic mass is 19.4. The Hall–Kier alpha value is -2.12. The third-order valence-electron chi connectivity index (χ3n) is 1.94. The average Bonchev–Trinajstić information content (AvgIpc) is 2.19. The van der Waals surface area contributed by atoms with Crippen molar-refractivity contribution in [2.45, 2.75) is 12.6 Å². The monoisotopic (exact) mass is 249 g/mol. The highest BCUT2D eigenvalue weighted by Crippen LogP contribution is 2.26. The smallest absolute Gasteiger partial charge is 0.450 e. The van der Waals surface area contributed by atoms with E-state index in [-0.39, 0.29) is 0 Å². The number of alkyl halides is 3. The third-order valence-corrected chi connectivity index (χ3v) is 1.94. The summed E-state index contributed by atoms with van der Waals surface area (Å²) in [6, 6.07) is 2.53. The van der Waals surface area contributed by atoms with Gasteiger partial charge in [-0.05, 0) is 6.07 Å². The lowest BCUT2D eigenvalue weighted by molar-refractivity contribution is -0.384. The Kier molecular flexibility index (Phi) is 3.35. The van der Waals surface area contributed by atoms with E-state index < -0.39 is 40.3 Å². The van der Waals surface area contributed by atoms with Gasteiger partial charge in [0, 0.05) is 24.1 Å². The van der Waals surface area contributed by atoms with Crippen molar-refractivity contribution in [1.82, 2.24) is 0 Å². The van der Waals surface area contributed by atoms with Crippen molar-refractivity contribution in [3.8, 4) is 5.75 Å². The molecule has 1 aromatic rings. The molecule has 0 saturated heterocycles. The number of hydrogen-bond acceptors (Lipinski definition) is 4. The minimum atomic E-state index is -5.03. The molecule has 0 radical (unpaired) electrons. The van der Waals surface area contributed by atoms with E-state index in [0.717, 1.165) is 18.2 Å². The van der Waals surface area contributed by atoms with E-state index in [0.29, 0.717) is 0 Å². The summed E-state index contributed by atoms with van der Waals surface area (Å²) >= 11 is 0. The van der Waals surface area contributed by atoms with E-state index in [1.54, 1.807) is 0 Å². The molecular weight excluding hydrogens is 243 g/mol. The molecule has 8 heteroatoms. The number of rotatable bonds is 3. The number of nitro groups is 1. The Bertz CT molecular complexity index is 470. The first-order valence-electron chi connectivity index (χ1n) is 4.28. The molecule has 0 aromatic heterocycles. The van der Waals surface area contributed by atoms with Crippen molar-refractivity contribution >= 4 is 11.5 Å². The van der Waals surface area contributed by atoms with E-state index in [2.05, 4.69) is 0 Å². The molecule has 0 unspecified atom stereocenters. The molecule has 0 atom stereocenters. The second-order valence-electron chi connectivity index (χ2n) is 3.17. The standard InChI is InChI=1S/C9H6F3NO4/c10-9(11,12)8(15)4-5-3-6(13(16)17)1-2-7(5)14/h1-3,14H,4H2. The largest absolute Gasteiger partial charge is 0.508 e. The van der Waals surface area contributed by atoms with Crippen LogP contribution >= 0.6 is 0 Å². The first-order valence-corrected chi connectivity index (χ1v) is 4.28. The highest BCUT2D eigenvalue weighted by molar-refractivity contribution is 5.86. The number of nitrogens with zero attached hydrogens (tertiary/aromatic N) is 1. The van der Waals surface area contributed by atoms with Crippen LogP contribution in [0.3, 0.4) is 0 Å². The van der Waals surface area contributed by atoms with Gasteiger partial charge in [0.1, 0.15) is 5.75 Å². The summed E-state index contributed by atoms with van der Waals surface area (Å²) in [5.74, 6) is -2.67. The SMILES string of the molecule is O=C(Cc1cc([N+](=O)[O-])ccc1O)C(F)(F)F. The fourth-order valence-electron chi connectivity index (χ4n) is 1.10. The predicted molar refractivity (Wildman–Crippen MR) is 49.5 cm³/mol. The summed E-state index contributed by atoms with van der Waals surface area (Å²) in [5.41, 5.74) is -0.922. The first kappa shape index (κ1) is 12.9. The Balaban J connectivity index is 3.02. The summed E-state index contributed by atoms with van der Waals surface area (Å²) in [5, 5.41) is 19.6. The second kappa shape index (κ2) is 4.40. The maximum Gasteiger partial charge on any atom is 0.450 e. The number of non-ortho nitro benzene ring substituents is 1. The predicted octanol–water partition coefficient (Wildman–Crippen LogP) is 1.97. The van der Waals surface area contributed by atoms with E-state index in [9.17, 15) is 33.2 Å². The maximum absolute atomic E-state index is 12.0. The molecule has 0 fully saturated rings. The lowest BCUT2D eigenvalue weighted by Gasteiger charge is -2.06. The van der Waals surface area contributed by atoms with Gasteiger partial charge in [-0.15, -0.1) is 0 Å². The first-order chi connectivity index (χ1) is 7.71. The van der Waals surface area contributed by atoms with Crippen LogP contribution in [0.1, 0.15) is 5.56 Å². The number of phenols is 1. The Morgan fingerprint density at radius 3 is 2.47 bits per heavy atom. The molecular formula is C9H6F3NO4. The summed E-state index contributed by atoms with van der Waals surface area (Å²) in [6.45, 7) is 0. The quantitative estimate of drug-likeness (QED) is 0.656. The van der Waals surface area contributed by atoms with Crippen LogP contribution < -0.4 is 0 Å². The van der Waals surface area contributed by atoms with Crippen molar-refractivity contribution in [3.05, 3.63) is 33.9 Å². The number of phenolic OH excluding ortho intramolecular Hbond substituents is 1. The number of carbonyl (C=O) groups excluding carboxylic acids is 1. The number of carbonyl (C=O) groups is 1. The van der Waals surface area contributed by atoms with Gasteiger partial charge in [-0.25, -0.2) is 0 Å². The zero-order valence-corrected chi connectivity index (χ0v) is 8.19. The molecule has 0 bridgehead atoms. The van der Waals surface area contributed by atoms with Gasteiger partial charge in [0.15, 0.2) is 0 Å². The van der Waals surface area contributed by atoms with Crippen LogP contribution in [0.25, 0.3) is 0 Å². The van der Waals surface area contributed by atoms with E-state index in [1.165, 1.54) is 0 Å². The van der Waals surface area contributed by atoms with Crippen LogP contribution in [0.5, 0.6) is 5.75 Å². The van der Waals surface area contributed by atoms with Crippen LogP contribution in [-0.2, 0) is 11.2 Å². The van der Waals surface area contributed by atoms with Crippen molar-refractivity contribution in [1.29, 1.82) is 0 Å². The van der Waals surface area contributed by atoms with Crippen molar-refractivity contribution in [2.24, 2.45) is 0 Å². The molecule has 0 aliphatic carbocycles. The minimum Gasteiger partial charge on any atom is -0.508 e. The molecule has 1 aromatic carbocycles. The molecule has 92 valence electrons. The summed E-state index contributed by atoms with van der Waals surface area (Å²) in [7, 11) is 0. The zero-order chi connectivity index (χ0) is 13.2. The number of ketones is 1. The number of benzene rings is 1. The Labute approximate surface area is 92.6 Å². The van der Waals surface area contributed by atoms with Gasteiger partial charge in [-0.2, -0.15) is 13.2 Å². The lowest BCUT2D eigenvalue weighted by Crippen LogP contribution is -2.24. The molecule has 5 nitrogen and oxygen atoms in total. The molecule has 0 amide bonds. The number of Topliss-reactive ketones (excluding diaryl/α,β-unsaturated/α-hetero) is 1. The van der Waals surface area contributed by atoms with Gasteiger partial charge in [0.25, 0.3) is 5.69 Å².